The van der Waals surface area contributed by atoms with Crippen LogP contribution in [0.4, 0.5) is 18.9 Å². The van der Waals surface area contributed by atoms with Crippen LogP contribution in [0.2, 0.25) is 0 Å². The number of carbonyl (C=O) groups is 1. The van der Waals surface area contributed by atoms with Crippen LogP contribution in [-0.4, -0.2) is 29.1 Å². The van der Waals surface area contributed by atoms with Gasteiger partial charge in [-0.3, -0.25) is 9.59 Å². The number of halogens is 3. The highest BCUT2D eigenvalue weighted by molar-refractivity contribution is 5.81. The van der Waals surface area contributed by atoms with Crippen LogP contribution in [0.15, 0.2) is 65.5 Å². The molecule has 38 heavy (non-hydrogen) atoms. The molecule has 4 aromatic rings. The molecule has 0 unspecified atom stereocenters. The number of nitrogens with one attached hydrogen (secondary N) is 2. The summed E-state index contributed by atoms with van der Waals surface area (Å²) in [5, 5.41) is 5.84. The van der Waals surface area contributed by atoms with E-state index in [1.165, 1.54) is 24.5 Å². The second-order valence-electron chi connectivity index (χ2n) is 8.83. The van der Waals surface area contributed by atoms with Crippen molar-refractivity contribution >= 4 is 22.6 Å². The smallest absolute Gasteiger partial charge is 0.416 e. The minimum absolute atomic E-state index is 0.155. The van der Waals surface area contributed by atoms with Crippen LogP contribution in [0.5, 0.6) is 5.75 Å². The molecule has 1 aromatic heterocycles. The summed E-state index contributed by atoms with van der Waals surface area (Å²) in [4.78, 5) is 29.5. The van der Waals surface area contributed by atoms with Gasteiger partial charge in [0.2, 0.25) is 5.91 Å². The van der Waals surface area contributed by atoms with Gasteiger partial charge in [-0.2, -0.15) is 13.2 Å². The van der Waals surface area contributed by atoms with Gasteiger partial charge in [0, 0.05) is 37.8 Å². The number of alkyl halides is 3. The van der Waals surface area contributed by atoms with Crippen LogP contribution < -0.4 is 20.9 Å². The van der Waals surface area contributed by atoms with E-state index in [0.717, 1.165) is 6.07 Å². The Morgan fingerprint density at radius 2 is 1.79 bits per heavy atom. The van der Waals surface area contributed by atoms with Gasteiger partial charge in [0.1, 0.15) is 11.4 Å². The molecule has 3 aromatic carbocycles. The topological polar surface area (TPSA) is 85.2 Å². The summed E-state index contributed by atoms with van der Waals surface area (Å²) >= 11 is 0. The standard InChI is InChI=1S/C28H27F3N4O3/c1-17-4-5-19(14-23(17)28(29,30)31)16-33-21-8-11-24-25(15-21)35(13-12-32-18(2)36)27(37)26(34-24)20-6-9-22(38-3)10-7-20/h4-11,14-15,33H,12-13,16H2,1-3H3,(H,32,36). The van der Waals surface area contributed by atoms with Crippen molar-refractivity contribution < 1.29 is 22.7 Å². The molecule has 0 bridgehead atoms. The third kappa shape index (κ3) is 5.96. The van der Waals surface area contributed by atoms with Gasteiger partial charge in [-0.15, -0.1) is 0 Å². The number of aryl methyl sites for hydroxylation is 1. The third-order valence-electron chi connectivity index (χ3n) is 6.12. The van der Waals surface area contributed by atoms with E-state index in [4.69, 9.17) is 4.74 Å². The van der Waals surface area contributed by atoms with Gasteiger partial charge < -0.3 is 19.9 Å². The number of anilines is 1. The Bertz CT molecular complexity index is 1530. The Morgan fingerprint density at radius 3 is 2.45 bits per heavy atom. The number of aromatic nitrogens is 2. The molecule has 198 valence electrons. The van der Waals surface area contributed by atoms with E-state index < -0.39 is 11.7 Å². The molecular formula is C28H27F3N4O3. The minimum atomic E-state index is -4.43. The van der Waals surface area contributed by atoms with Crippen molar-refractivity contribution in [2.45, 2.75) is 33.1 Å². The average molecular weight is 525 g/mol. The number of benzene rings is 3. The molecule has 1 heterocycles. The van der Waals surface area contributed by atoms with E-state index >= 15 is 0 Å². The fourth-order valence-electron chi connectivity index (χ4n) is 4.14. The number of hydrogen-bond acceptors (Lipinski definition) is 5. The zero-order valence-corrected chi connectivity index (χ0v) is 21.1. The highest BCUT2D eigenvalue weighted by Crippen LogP contribution is 2.32. The van der Waals surface area contributed by atoms with Gasteiger partial charge in [-0.1, -0.05) is 12.1 Å². The van der Waals surface area contributed by atoms with Crippen molar-refractivity contribution in [3.8, 4) is 17.0 Å². The summed E-state index contributed by atoms with van der Waals surface area (Å²) in [6.07, 6.45) is -4.43. The van der Waals surface area contributed by atoms with Crippen molar-refractivity contribution in [3.05, 3.63) is 87.7 Å². The van der Waals surface area contributed by atoms with E-state index in [1.807, 2.05) is 0 Å². The molecule has 0 atom stereocenters. The summed E-state index contributed by atoms with van der Waals surface area (Å²) in [5.41, 5.74) is 2.19. The molecule has 10 heteroatoms. The number of amides is 1. The zero-order chi connectivity index (χ0) is 27.4. The van der Waals surface area contributed by atoms with Crippen LogP contribution in [-0.2, 0) is 24.1 Å². The lowest BCUT2D eigenvalue weighted by Crippen LogP contribution is -2.31. The number of nitrogens with zero attached hydrogens (tertiary/aromatic N) is 2. The molecule has 0 spiro atoms. The van der Waals surface area contributed by atoms with Crippen LogP contribution in [0, 0.1) is 6.92 Å². The Kier molecular flexibility index (Phi) is 7.70. The molecule has 7 nitrogen and oxygen atoms in total. The fraction of sp³-hybridized carbons (Fsp3) is 0.250. The summed E-state index contributed by atoms with van der Waals surface area (Å²) in [5.74, 6) is 0.428. The first-order chi connectivity index (χ1) is 18.1. The number of methoxy groups -OCH3 is 1. The average Bonchev–Trinajstić information content (AvgIpc) is 2.88. The molecule has 0 radical (unpaired) electrons. The maximum Gasteiger partial charge on any atom is 0.416 e. The van der Waals surface area contributed by atoms with Gasteiger partial charge in [-0.05, 0) is 66.6 Å². The first kappa shape index (κ1) is 26.7. The number of rotatable bonds is 8. The van der Waals surface area contributed by atoms with Gasteiger partial charge >= 0.3 is 6.18 Å². The van der Waals surface area contributed by atoms with E-state index in [1.54, 1.807) is 55.6 Å². The number of fused-ring (bicyclic) bond motifs is 1. The predicted molar refractivity (Wildman–Crippen MR) is 140 cm³/mol. The van der Waals surface area contributed by atoms with Gasteiger partial charge in [0.25, 0.3) is 5.56 Å². The van der Waals surface area contributed by atoms with Crippen molar-refractivity contribution in [1.29, 1.82) is 0 Å². The van der Waals surface area contributed by atoms with Crippen molar-refractivity contribution in [2.24, 2.45) is 0 Å². The lowest BCUT2D eigenvalue weighted by Gasteiger charge is -2.15. The molecule has 1 amide bonds. The Labute approximate surface area is 217 Å². The van der Waals surface area contributed by atoms with Crippen molar-refractivity contribution in [3.63, 3.8) is 0 Å². The quantitative estimate of drug-likeness (QED) is 0.333. The number of carbonyl (C=O) groups excluding carboxylic acids is 1. The van der Waals surface area contributed by atoms with E-state index in [0.29, 0.717) is 33.6 Å². The van der Waals surface area contributed by atoms with Crippen LogP contribution in [0.1, 0.15) is 23.6 Å². The second kappa shape index (κ2) is 11.0. The third-order valence-corrected chi connectivity index (χ3v) is 6.12. The molecule has 2 N–H and O–H groups in total. The molecule has 4 rings (SSSR count). The van der Waals surface area contributed by atoms with Crippen molar-refractivity contribution in [2.75, 3.05) is 19.0 Å². The first-order valence-corrected chi connectivity index (χ1v) is 11.9. The van der Waals surface area contributed by atoms with Crippen molar-refractivity contribution in [1.82, 2.24) is 14.9 Å². The highest BCUT2D eigenvalue weighted by Gasteiger charge is 2.32. The molecular weight excluding hydrogens is 497 g/mol. The number of ether oxygens (including phenoxy) is 1. The Morgan fingerprint density at radius 1 is 1.05 bits per heavy atom. The fourth-order valence-corrected chi connectivity index (χ4v) is 4.14. The van der Waals surface area contributed by atoms with E-state index in [2.05, 4.69) is 15.6 Å². The Hall–Kier alpha value is -4.34. The largest absolute Gasteiger partial charge is 0.497 e. The summed E-state index contributed by atoms with van der Waals surface area (Å²) < 4.78 is 46.6. The van der Waals surface area contributed by atoms with Gasteiger partial charge in [-0.25, -0.2) is 4.98 Å². The Balaban J connectivity index is 1.70. The highest BCUT2D eigenvalue weighted by atomic mass is 19.4. The molecule has 0 fully saturated rings. The first-order valence-electron chi connectivity index (χ1n) is 11.9. The minimum Gasteiger partial charge on any atom is -0.497 e. The maximum atomic E-state index is 13.5. The summed E-state index contributed by atoms with van der Waals surface area (Å²) in [6, 6.07) is 16.4. The van der Waals surface area contributed by atoms with Crippen LogP contribution >= 0.6 is 0 Å². The summed E-state index contributed by atoms with van der Waals surface area (Å²) in [6.45, 7) is 3.42. The second-order valence-corrected chi connectivity index (χ2v) is 8.83. The monoisotopic (exact) mass is 524 g/mol. The van der Waals surface area contributed by atoms with Gasteiger partial charge in [0.05, 0.1) is 23.7 Å². The van der Waals surface area contributed by atoms with E-state index in [-0.39, 0.29) is 42.4 Å². The molecule has 0 aliphatic heterocycles. The predicted octanol–water partition coefficient (Wildman–Crippen LogP) is 5.15. The molecule has 0 saturated carbocycles. The van der Waals surface area contributed by atoms with Crippen LogP contribution in [0.25, 0.3) is 22.3 Å². The zero-order valence-electron chi connectivity index (χ0n) is 21.1. The SMILES string of the molecule is COc1ccc(-c2nc3ccc(NCc4ccc(C)c(C(F)(F)F)c4)cc3n(CCNC(C)=O)c2=O)cc1. The lowest BCUT2D eigenvalue weighted by molar-refractivity contribution is -0.138. The van der Waals surface area contributed by atoms with Gasteiger partial charge in [0.15, 0.2) is 0 Å². The molecule has 0 aliphatic rings. The summed E-state index contributed by atoms with van der Waals surface area (Å²) in [7, 11) is 1.55. The number of hydrogen-bond donors (Lipinski definition) is 2. The van der Waals surface area contributed by atoms with E-state index in [9.17, 15) is 22.8 Å². The lowest BCUT2D eigenvalue weighted by atomic mass is 10.0. The van der Waals surface area contributed by atoms with Crippen LogP contribution in [0.3, 0.4) is 0 Å². The normalized spacial score (nSPS) is 11.4. The molecule has 0 saturated heterocycles. The molecule has 0 aliphatic carbocycles. The maximum absolute atomic E-state index is 13.5.